The molecule has 2 atom stereocenters. The van der Waals surface area contributed by atoms with Gasteiger partial charge in [0.15, 0.2) is 0 Å². The monoisotopic (exact) mass is 254 g/mol. The lowest BCUT2D eigenvalue weighted by molar-refractivity contribution is -0.186. The summed E-state index contributed by atoms with van der Waals surface area (Å²) in [5.41, 5.74) is 0. The second-order valence-electron chi connectivity index (χ2n) is 5.63. The third kappa shape index (κ3) is 5.41. The summed E-state index contributed by atoms with van der Waals surface area (Å²) < 4.78 is 5.28. The van der Waals surface area contributed by atoms with E-state index in [-0.39, 0.29) is 18.0 Å². The molecule has 0 aromatic rings. The summed E-state index contributed by atoms with van der Waals surface area (Å²) in [7, 11) is 0. The zero-order valence-corrected chi connectivity index (χ0v) is 12.2. The maximum absolute atomic E-state index is 11.4. The number of cyclic esters (lactones) is 1. The molecule has 1 aliphatic heterocycles. The van der Waals surface area contributed by atoms with Gasteiger partial charge in [0.05, 0.1) is 5.92 Å². The Morgan fingerprint density at radius 1 is 0.833 bits per heavy atom. The SMILES string of the molecule is CCCCCCC[C@H]1OC(=O)[C@@H]1CCCCCC. The van der Waals surface area contributed by atoms with E-state index in [0.717, 1.165) is 12.8 Å². The van der Waals surface area contributed by atoms with Crippen LogP contribution in [-0.4, -0.2) is 12.1 Å². The molecule has 2 nitrogen and oxygen atoms in total. The van der Waals surface area contributed by atoms with Gasteiger partial charge in [0.1, 0.15) is 6.10 Å². The van der Waals surface area contributed by atoms with E-state index < -0.39 is 0 Å². The first-order chi connectivity index (χ1) is 8.79. The smallest absolute Gasteiger partial charge is 0.313 e. The lowest BCUT2D eigenvalue weighted by Gasteiger charge is -2.35. The number of rotatable bonds is 11. The molecule has 0 aromatic carbocycles. The van der Waals surface area contributed by atoms with Crippen LogP contribution in [-0.2, 0) is 9.53 Å². The summed E-state index contributed by atoms with van der Waals surface area (Å²) in [5, 5.41) is 0. The highest BCUT2D eigenvalue weighted by atomic mass is 16.6. The highest BCUT2D eigenvalue weighted by Crippen LogP contribution is 2.31. The highest BCUT2D eigenvalue weighted by molar-refractivity contribution is 5.78. The summed E-state index contributed by atoms with van der Waals surface area (Å²) in [5.74, 6) is 0.290. The van der Waals surface area contributed by atoms with Gasteiger partial charge < -0.3 is 4.74 Å². The normalized spacial score (nSPS) is 22.7. The molecule has 18 heavy (non-hydrogen) atoms. The Labute approximate surface area is 112 Å². The van der Waals surface area contributed by atoms with Crippen molar-refractivity contribution in [3.8, 4) is 0 Å². The van der Waals surface area contributed by atoms with E-state index in [1.165, 1.54) is 57.8 Å². The molecular weight excluding hydrogens is 224 g/mol. The molecule has 1 aliphatic rings. The minimum Gasteiger partial charge on any atom is -0.461 e. The van der Waals surface area contributed by atoms with Crippen LogP contribution in [0.15, 0.2) is 0 Å². The molecule has 0 aromatic heterocycles. The van der Waals surface area contributed by atoms with Crippen LogP contribution in [0.5, 0.6) is 0 Å². The van der Waals surface area contributed by atoms with E-state index in [0.29, 0.717) is 0 Å². The predicted octanol–water partition coefficient (Wildman–Crippen LogP) is 4.86. The molecule has 0 aliphatic carbocycles. The van der Waals surface area contributed by atoms with Crippen LogP contribution in [0.4, 0.5) is 0 Å². The maximum Gasteiger partial charge on any atom is 0.313 e. The molecule has 0 saturated carbocycles. The molecule has 0 bridgehead atoms. The fourth-order valence-corrected chi connectivity index (χ4v) is 2.70. The average molecular weight is 254 g/mol. The lowest BCUT2D eigenvalue weighted by atomic mass is 9.87. The topological polar surface area (TPSA) is 26.3 Å². The number of carbonyl (C=O) groups is 1. The molecule has 1 rings (SSSR count). The molecule has 1 saturated heterocycles. The van der Waals surface area contributed by atoms with Gasteiger partial charge in [-0.2, -0.15) is 0 Å². The zero-order chi connectivity index (χ0) is 13.2. The van der Waals surface area contributed by atoms with Gasteiger partial charge in [0.2, 0.25) is 0 Å². The standard InChI is InChI=1S/C16H30O2/c1-3-5-7-9-11-13-15-14(16(17)18-15)12-10-8-6-4-2/h14-15H,3-13H2,1-2H3/t14-,15-/m1/s1. The summed E-state index contributed by atoms with van der Waals surface area (Å²) in [6.07, 6.45) is 13.9. The second-order valence-corrected chi connectivity index (χ2v) is 5.63. The van der Waals surface area contributed by atoms with Gasteiger partial charge in [-0.15, -0.1) is 0 Å². The van der Waals surface area contributed by atoms with Crippen molar-refractivity contribution in [2.75, 3.05) is 0 Å². The molecule has 0 unspecified atom stereocenters. The maximum atomic E-state index is 11.4. The summed E-state index contributed by atoms with van der Waals surface area (Å²) in [6.45, 7) is 4.46. The van der Waals surface area contributed by atoms with Gasteiger partial charge in [-0.05, 0) is 19.3 Å². The van der Waals surface area contributed by atoms with Crippen molar-refractivity contribution in [3.05, 3.63) is 0 Å². The van der Waals surface area contributed by atoms with Crippen LogP contribution in [0.2, 0.25) is 0 Å². The first kappa shape index (κ1) is 15.5. The Balaban J connectivity index is 2.04. The van der Waals surface area contributed by atoms with Gasteiger partial charge in [-0.1, -0.05) is 65.2 Å². The van der Waals surface area contributed by atoms with E-state index >= 15 is 0 Å². The van der Waals surface area contributed by atoms with E-state index in [1.54, 1.807) is 0 Å². The number of ether oxygens (including phenoxy) is 1. The molecule has 106 valence electrons. The molecular formula is C16H30O2. The zero-order valence-electron chi connectivity index (χ0n) is 12.2. The first-order valence-corrected chi connectivity index (χ1v) is 8.00. The summed E-state index contributed by atoms with van der Waals surface area (Å²) >= 11 is 0. The molecule has 1 heterocycles. The largest absolute Gasteiger partial charge is 0.461 e. The number of esters is 1. The van der Waals surface area contributed by atoms with Gasteiger partial charge in [0.25, 0.3) is 0 Å². The van der Waals surface area contributed by atoms with Crippen molar-refractivity contribution in [1.29, 1.82) is 0 Å². The Hall–Kier alpha value is -0.530. The molecule has 2 heteroatoms. The van der Waals surface area contributed by atoms with Crippen molar-refractivity contribution in [1.82, 2.24) is 0 Å². The van der Waals surface area contributed by atoms with Crippen molar-refractivity contribution in [2.45, 2.75) is 90.6 Å². The van der Waals surface area contributed by atoms with Crippen LogP contribution in [0.1, 0.15) is 84.5 Å². The number of hydrogen-bond donors (Lipinski definition) is 0. The van der Waals surface area contributed by atoms with Crippen molar-refractivity contribution < 1.29 is 9.53 Å². The van der Waals surface area contributed by atoms with Gasteiger partial charge in [-0.3, -0.25) is 4.79 Å². The Bertz CT molecular complexity index is 225. The molecule has 1 fully saturated rings. The summed E-state index contributed by atoms with van der Waals surface area (Å²) in [6, 6.07) is 0. The Morgan fingerprint density at radius 2 is 1.39 bits per heavy atom. The van der Waals surface area contributed by atoms with Crippen molar-refractivity contribution in [2.24, 2.45) is 5.92 Å². The fourth-order valence-electron chi connectivity index (χ4n) is 2.70. The molecule has 0 N–H and O–H groups in total. The third-order valence-electron chi connectivity index (χ3n) is 3.98. The van der Waals surface area contributed by atoms with Gasteiger partial charge >= 0.3 is 5.97 Å². The van der Waals surface area contributed by atoms with E-state index in [4.69, 9.17) is 4.74 Å². The van der Waals surface area contributed by atoms with Crippen LogP contribution in [0, 0.1) is 5.92 Å². The summed E-state index contributed by atoms with van der Waals surface area (Å²) in [4.78, 5) is 11.4. The van der Waals surface area contributed by atoms with Crippen LogP contribution in [0.3, 0.4) is 0 Å². The number of hydrogen-bond acceptors (Lipinski definition) is 2. The fraction of sp³-hybridized carbons (Fsp3) is 0.938. The third-order valence-corrected chi connectivity index (χ3v) is 3.98. The van der Waals surface area contributed by atoms with E-state index in [1.807, 2.05) is 0 Å². The number of carbonyl (C=O) groups excluding carboxylic acids is 1. The quantitative estimate of drug-likeness (QED) is 0.389. The first-order valence-electron chi connectivity index (χ1n) is 8.00. The molecule has 0 amide bonds. The predicted molar refractivity (Wildman–Crippen MR) is 75.5 cm³/mol. The molecule has 0 spiro atoms. The van der Waals surface area contributed by atoms with E-state index in [9.17, 15) is 4.79 Å². The minimum atomic E-state index is 0.0602. The van der Waals surface area contributed by atoms with Gasteiger partial charge in [0, 0.05) is 0 Å². The lowest BCUT2D eigenvalue weighted by Crippen LogP contribution is -2.44. The van der Waals surface area contributed by atoms with Crippen LogP contribution in [0.25, 0.3) is 0 Å². The Morgan fingerprint density at radius 3 is 2.00 bits per heavy atom. The minimum absolute atomic E-state index is 0.0602. The molecule has 0 radical (unpaired) electrons. The highest BCUT2D eigenvalue weighted by Gasteiger charge is 2.40. The second kappa shape index (κ2) is 9.41. The van der Waals surface area contributed by atoms with Crippen LogP contribution < -0.4 is 0 Å². The van der Waals surface area contributed by atoms with Crippen molar-refractivity contribution in [3.63, 3.8) is 0 Å². The number of unbranched alkanes of at least 4 members (excludes halogenated alkanes) is 7. The van der Waals surface area contributed by atoms with Crippen LogP contribution >= 0.6 is 0 Å². The van der Waals surface area contributed by atoms with Gasteiger partial charge in [-0.25, -0.2) is 0 Å². The Kier molecular flexibility index (Phi) is 8.11. The average Bonchev–Trinajstić information content (AvgIpc) is 2.37. The van der Waals surface area contributed by atoms with Crippen molar-refractivity contribution >= 4 is 5.97 Å². The van der Waals surface area contributed by atoms with E-state index in [2.05, 4.69) is 13.8 Å².